The van der Waals surface area contributed by atoms with Crippen molar-refractivity contribution in [1.29, 1.82) is 0 Å². The van der Waals surface area contributed by atoms with E-state index in [1.54, 1.807) is 11.3 Å². The molecule has 1 N–H and O–H groups in total. The molecule has 1 heterocycles. The summed E-state index contributed by atoms with van der Waals surface area (Å²) in [6.07, 6.45) is 0. The minimum absolute atomic E-state index is 0.0472. The van der Waals surface area contributed by atoms with Gasteiger partial charge in [-0.1, -0.05) is 47.8 Å². The lowest BCUT2D eigenvalue weighted by atomic mass is 10.0. The second kappa shape index (κ2) is 6.47. The third kappa shape index (κ3) is 3.26. The quantitative estimate of drug-likeness (QED) is 0.754. The summed E-state index contributed by atoms with van der Waals surface area (Å²) in [5.74, 6) is 0. The molecule has 0 radical (unpaired) electrons. The summed E-state index contributed by atoms with van der Waals surface area (Å²) in [6.45, 7) is 4.93. The van der Waals surface area contributed by atoms with Crippen molar-refractivity contribution in [2.45, 2.75) is 19.9 Å². The minimum atomic E-state index is 0.0472. The number of nitrogens with one attached hydrogen (secondary N) is 1. The van der Waals surface area contributed by atoms with Crippen LogP contribution in [0.3, 0.4) is 0 Å². The van der Waals surface area contributed by atoms with Gasteiger partial charge in [0.1, 0.15) is 0 Å². The van der Waals surface area contributed by atoms with E-state index in [0.29, 0.717) is 10.0 Å². The molecule has 1 atom stereocenters. The smallest absolute Gasteiger partial charge is 0.0686 e. The first kappa shape index (κ1) is 15.1. The Morgan fingerprint density at radius 2 is 1.95 bits per heavy atom. The molecule has 0 saturated heterocycles. The van der Waals surface area contributed by atoms with Gasteiger partial charge in [0, 0.05) is 4.88 Å². The molecule has 0 bridgehead atoms. The third-order valence-corrected chi connectivity index (χ3v) is 5.39. The van der Waals surface area contributed by atoms with E-state index in [2.05, 4.69) is 17.6 Å². The number of hydrogen-bond acceptors (Lipinski definition) is 2. The highest BCUT2D eigenvalue weighted by Crippen LogP contribution is 2.37. The summed E-state index contributed by atoms with van der Waals surface area (Å²) in [4.78, 5) is 1.11. The van der Waals surface area contributed by atoms with Gasteiger partial charge < -0.3 is 5.32 Å². The first-order valence-corrected chi connectivity index (χ1v) is 7.97. The van der Waals surface area contributed by atoms with E-state index in [-0.39, 0.29) is 6.04 Å². The van der Waals surface area contributed by atoms with Crippen molar-refractivity contribution in [2.24, 2.45) is 0 Å². The van der Waals surface area contributed by atoms with Gasteiger partial charge in [0.05, 0.1) is 21.1 Å². The Hall–Kier alpha value is -0.250. The van der Waals surface area contributed by atoms with Gasteiger partial charge in [0.15, 0.2) is 0 Å². The Bertz CT molecular complexity index is 580. The van der Waals surface area contributed by atoms with E-state index in [9.17, 15) is 0 Å². The average Bonchev–Trinajstić information content (AvgIpc) is 2.71. The van der Waals surface area contributed by atoms with E-state index in [1.165, 1.54) is 0 Å². The lowest BCUT2D eigenvalue weighted by Crippen LogP contribution is -2.21. The highest BCUT2D eigenvalue weighted by Gasteiger charge is 2.19. The van der Waals surface area contributed by atoms with Crippen LogP contribution in [0.25, 0.3) is 0 Å². The van der Waals surface area contributed by atoms with Gasteiger partial charge in [-0.2, -0.15) is 0 Å². The van der Waals surface area contributed by atoms with Gasteiger partial charge in [-0.05, 0) is 42.1 Å². The first-order valence-electron chi connectivity index (χ1n) is 5.96. The molecule has 1 aromatic heterocycles. The topological polar surface area (TPSA) is 12.0 Å². The van der Waals surface area contributed by atoms with Crippen molar-refractivity contribution in [3.05, 3.63) is 54.7 Å². The van der Waals surface area contributed by atoms with Crippen LogP contribution in [0.4, 0.5) is 0 Å². The van der Waals surface area contributed by atoms with Crippen molar-refractivity contribution >= 4 is 46.1 Å². The zero-order valence-electron chi connectivity index (χ0n) is 10.6. The Labute approximate surface area is 132 Å². The summed E-state index contributed by atoms with van der Waals surface area (Å²) in [7, 11) is 0. The minimum Gasteiger partial charge on any atom is -0.306 e. The van der Waals surface area contributed by atoms with Crippen LogP contribution in [-0.2, 0) is 0 Å². The maximum absolute atomic E-state index is 6.37. The third-order valence-electron chi connectivity index (χ3n) is 2.87. The highest BCUT2D eigenvalue weighted by molar-refractivity contribution is 7.10. The van der Waals surface area contributed by atoms with Crippen LogP contribution in [0.15, 0.2) is 23.6 Å². The van der Waals surface area contributed by atoms with Crippen molar-refractivity contribution in [3.63, 3.8) is 0 Å². The van der Waals surface area contributed by atoms with Gasteiger partial charge in [-0.25, -0.2) is 0 Å². The van der Waals surface area contributed by atoms with E-state index >= 15 is 0 Å². The van der Waals surface area contributed by atoms with Crippen LogP contribution < -0.4 is 5.32 Å². The SMILES string of the molecule is CCNC(c1ccc(Cl)c(Cl)c1)c1scc(C)c1Cl. The molecule has 0 fully saturated rings. The standard InChI is InChI=1S/C14H14Cl3NS/c1-3-18-13(14-12(17)8(2)7-19-14)9-4-5-10(15)11(16)6-9/h4-7,13,18H,3H2,1-2H3. The van der Waals surface area contributed by atoms with Crippen LogP contribution in [-0.4, -0.2) is 6.54 Å². The molecule has 19 heavy (non-hydrogen) atoms. The molecular formula is C14H14Cl3NS. The fourth-order valence-electron chi connectivity index (χ4n) is 1.90. The molecule has 2 aromatic rings. The van der Waals surface area contributed by atoms with E-state index in [1.807, 2.05) is 25.1 Å². The van der Waals surface area contributed by atoms with Gasteiger partial charge in [-0.15, -0.1) is 11.3 Å². The Kier molecular flexibility index (Phi) is 5.15. The summed E-state index contributed by atoms with van der Waals surface area (Å²) in [6, 6.07) is 5.74. The Morgan fingerprint density at radius 1 is 1.21 bits per heavy atom. The molecule has 1 unspecified atom stereocenters. The van der Waals surface area contributed by atoms with Crippen molar-refractivity contribution < 1.29 is 0 Å². The predicted molar refractivity (Wildman–Crippen MR) is 86.0 cm³/mol. The molecule has 0 spiro atoms. The zero-order valence-corrected chi connectivity index (χ0v) is 13.7. The molecule has 1 nitrogen and oxygen atoms in total. The second-order valence-corrected chi connectivity index (χ2v) is 6.36. The molecule has 102 valence electrons. The fraction of sp³-hybridized carbons (Fsp3) is 0.286. The predicted octanol–water partition coefficient (Wildman–Crippen LogP) is 5.72. The molecule has 2 rings (SSSR count). The first-order chi connectivity index (χ1) is 9.04. The molecule has 0 aliphatic heterocycles. The molecule has 5 heteroatoms. The number of benzene rings is 1. The zero-order chi connectivity index (χ0) is 14.0. The molecule has 0 aliphatic carbocycles. The Morgan fingerprint density at radius 3 is 2.47 bits per heavy atom. The van der Waals surface area contributed by atoms with Crippen molar-refractivity contribution in [3.8, 4) is 0 Å². The summed E-state index contributed by atoms with van der Waals surface area (Å²) in [5, 5.41) is 7.46. The maximum Gasteiger partial charge on any atom is 0.0686 e. The molecule has 0 amide bonds. The van der Waals surface area contributed by atoms with Gasteiger partial charge >= 0.3 is 0 Å². The van der Waals surface area contributed by atoms with E-state index < -0.39 is 0 Å². The number of aryl methyl sites for hydroxylation is 1. The molecule has 0 saturated carbocycles. The number of halogens is 3. The van der Waals surface area contributed by atoms with Crippen LogP contribution in [0, 0.1) is 6.92 Å². The highest BCUT2D eigenvalue weighted by atomic mass is 35.5. The number of thiophene rings is 1. The molecular weight excluding hydrogens is 321 g/mol. The van der Waals surface area contributed by atoms with Crippen molar-refractivity contribution in [1.82, 2.24) is 5.32 Å². The van der Waals surface area contributed by atoms with Crippen molar-refractivity contribution in [2.75, 3.05) is 6.54 Å². The van der Waals surface area contributed by atoms with E-state index in [4.69, 9.17) is 34.8 Å². The van der Waals surface area contributed by atoms with Crippen LogP contribution >= 0.6 is 46.1 Å². The molecule has 1 aromatic carbocycles. The van der Waals surface area contributed by atoms with Crippen LogP contribution in [0.5, 0.6) is 0 Å². The number of rotatable bonds is 4. The summed E-state index contributed by atoms with van der Waals surface area (Å²) in [5.41, 5.74) is 2.17. The van der Waals surface area contributed by atoms with Gasteiger partial charge in [-0.3, -0.25) is 0 Å². The summed E-state index contributed by atoms with van der Waals surface area (Å²) < 4.78 is 0. The van der Waals surface area contributed by atoms with Crippen LogP contribution in [0.1, 0.15) is 29.0 Å². The maximum atomic E-state index is 6.37. The summed E-state index contributed by atoms with van der Waals surface area (Å²) >= 11 is 20.1. The molecule has 0 aliphatic rings. The fourth-order valence-corrected chi connectivity index (χ4v) is 3.61. The monoisotopic (exact) mass is 333 g/mol. The second-order valence-electron chi connectivity index (χ2n) is 4.26. The van der Waals surface area contributed by atoms with Gasteiger partial charge in [0.25, 0.3) is 0 Å². The van der Waals surface area contributed by atoms with E-state index in [0.717, 1.165) is 27.6 Å². The number of hydrogen-bond donors (Lipinski definition) is 1. The van der Waals surface area contributed by atoms with Crippen LogP contribution in [0.2, 0.25) is 15.1 Å². The lowest BCUT2D eigenvalue weighted by Gasteiger charge is -2.18. The lowest BCUT2D eigenvalue weighted by molar-refractivity contribution is 0.639. The average molecular weight is 335 g/mol. The normalized spacial score (nSPS) is 12.7. The van der Waals surface area contributed by atoms with Gasteiger partial charge in [0.2, 0.25) is 0 Å². The Balaban J connectivity index is 2.45. The largest absolute Gasteiger partial charge is 0.306 e.